The van der Waals surface area contributed by atoms with E-state index in [1.807, 2.05) is 0 Å². The van der Waals surface area contributed by atoms with Crippen LogP contribution in [0.15, 0.2) is 36.4 Å². The van der Waals surface area contributed by atoms with Gasteiger partial charge < -0.3 is 16.2 Å². The SMILES string of the molecule is NCc1ccc(NC(=O)c2cc(O)ccc2Cl)c(F)c1. The van der Waals surface area contributed by atoms with Crippen LogP contribution in [-0.4, -0.2) is 11.0 Å². The van der Waals surface area contributed by atoms with E-state index in [-0.39, 0.29) is 28.6 Å². The number of nitrogens with one attached hydrogen (secondary N) is 1. The summed E-state index contributed by atoms with van der Waals surface area (Å²) in [5.74, 6) is -1.29. The fourth-order valence-electron chi connectivity index (χ4n) is 1.66. The molecule has 20 heavy (non-hydrogen) atoms. The molecule has 2 rings (SSSR count). The Hall–Kier alpha value is -2.11. The van der Waals surface area contributed by atoms with Gasteiger partial charge in [-0.3, -0.25) is 4.79 Å². The lowest BCUT2D eigenvalue weighted by atomic mass is 10.1. The third-order valence-electron chi connectivity index (χ3n) is 2.71. The van der Waals surface area contributed by atoms with Crippen LogP contribution in [0.5, 0.6) is 5.75 Å². The zero-order valence-electron chi connectivity index (χ0n) is 10.4. The minimum Gasteiger partial charge on any atom is -0.508 e. The van der Waals surface area contributed by atoms with E-state index in [0.717, 1.165) is 0 Å². The van der Waals surface area contributed by atoms with Crippen molar-refractivity contribution in [2.75, 3.05) is 5.32 Å². The number of carbonyl (C=O) groups is 1. The Labute approximate surface area is 120 Å². The molecule has 0 atom stereocenters. The number of hydrogen-bond donors (Lipinski definition) is 3. The third-order valence-corrected chi connectivity index (χ3v) is 3.04. The molecule has 0 aliphatic heterocycles. The minimum absolute atomic E-state index is 0.0200. The molecule has 0 unspecified atom stereocenters. The van der Waals surface area contributed by atoms with Crippen LogP contribution in [0.4, 0.5) is 10.1 Å². The molecule has 0 bridgehead atoms. The van der Waals surface area contributed by atoms with E-state index in [1.54, 1.807) is 6.07 Å². The van der Waals surface area contributed by atoms with Gasteiger partial charge in [-0.15, -0.1) is 0 Å². The van der Waals surface area contributed by atoms with Crippen molar-refractivity contribution in [1.82, 2.24) is 0 Å². The van der Waals surface area contributed by atoms with Crippen molar-refractivity contribution >= 4 is 23.2 Å². The molecular weight excluding hydrogens is 283 g/mol. The zero-order chi connectivity index (χ0) is 14.7. The number of halogens is 2. The van der Waals surface area contributed by atoms with E-state index in [1.165, 1.54) is 30.3 Å². The summed E-state index contributed by atoms with van der Waals surface area (Å²) in [6.45, 7) is 0.212. The third kappa shape index (κ3) is 3.07. The summed E-state index contributed by atoms with van der Waals surface area (Å²) in [6.07, 6.45) is 0. The van der Waals surface area contributed by atoms with E-state index in [4.69, 9.17) is 17.3 Å². The fraction of sp³-hybridized carbons (Fsp3) is 0.0714. The number of anilines is 1. The maximum absolute atomic E-state index is 13.7. The van der Waals surface area contributed by atoms with Gasteiger partial charge in [-0.05, 0) is 35.9 Å². The molecule has 0 saturated carbocycles. The number of nitrogens with two attached hydrogens (primary N) is 1. The Balaban J connectivity index is 2.25. The normalized spacial score (nSPS) is 10.3. The Morgan fingerprint density at radius 1 is 1.30 bits per heavy atom. The number of rotatable bonds is 3. The lowest BCUT2D eigenvalue weighted by molar-refractivity contribution is 0.102. The topological polar surface area (TPSA) is 75.3 Å². The fourth-order valence-corrected chi connectivity index (χ4v) is 1.87. The first-order valence-electron chi connectivity index (χ1n) is 5.79. The summed E-state index contributed by atoms with van der Waals surface area (Å²) in [7, 11) is 0. The molecule has 2 aromatic rings. The Kier molecular flexibility index (Phi) is 4.22. The second kappa shape index (κ2) is 5.90. The molecule has 0 heterocycles. The first kappa shape index (κ1) is 14.3. The molecule has 4 nitrogen and oxygen atoms in total. The van der Waals surface area contributed by atoms with Crippen LogP contribution < -0.4 is 11.1 Å². The first-order valence-corrected chi connectivity index (χ1v) is 6.17. The lowest BCUT2D eigenvalue weighted by Gasteiger charge is -2.09. The van der Waals surface area contributed by atoms with E-state index >= 15 is 0 Å². The summed E-state index contributed by atoms with van der Waals surface area (Å²) in [5.41, 5.74) is 6.10. The van der Waals surface area contributed by atoms with Crippen LogP contribution in [0.1, 0.15) is 15.9 Å². The van der Waals surface area contributed by atoms with Gasteiger partial charge in [0.05, 0.1) is 16.3 Å². The van der Waals surface area contributed by atoms with Gasteiger partial charge in [0, 0.05) is 6.54 Å². The predicted molar refractivity (Wildman–Crippen MR) is 75.4 cm³/mol. The second-order valence-electron chi connectivity index (χ2n) is 4.14. The summed E-state index contributed by atoms with van der Waals surface area (Å²) >= 11 is 5.86. The van der Waals surface area contributed by atoms with Crippen molar-refractivity contribution in [1.29, 1.82) is 0 Å². The Morgan fingerprint density at radius 3 is 2.70 bits per heavy atom. The van der Waals surface area contributed by atoms with Gasteiger partial charge in [-0.2, -0.15) is 0 Å². The average Bonchev–Trinajstić information content (AvgIpc) is 2.43. The van der Waals surface area contributed by atoms with Crippen LogP contribution in [0, 0.1) is 5.82 Å². The summed E-state index contributed by atoms with van der Waals surface area (Å²) in [6, 6.07) is 8.24. The number of hydrogen-bond acceptors (Lipinski definition) is 3. The van der Waals surface area contributed by atoms with Crippen LogP contribution in [-0.2, 0) is 6.54 Å². The quantitative estimate of drug-likeness (QED) is 0.815. The van der Waals surface area contributed by atoms with Crippen LogP contribution in [0.2, 0.25) is 5.02 Å². The number of carbonyl (C=O) groups excluding carboxylic acids is 1. The molecule has 4 N–H and O–H groups in total. The molecule has 0 aromatic heterocycles. The van der Waals surface area contributed by atoms with Crippen LogP contribution in [0.3, 0.4) is 0 Å². The highest BCUT2D eigenvalue weighted by Crippen LogP contribution is 2.23. The van der Waals surface area contributed by atoms with Gasteiger partial charge in [0.15, 0.2) is 0 Å². The Bertz CT molecular complexity index is 662. The maximum atomic E-state index is 13.7. The summed E-state index contributed by atoms with van der Waals surface area (Å²) in [4.78, 5) is 12.0. The smallest absolute Gasteiger partial charge is 0.257 e. The summed E-state index contributed by atoms with van der Waals surface area (Å²) < 4.78 is 13.7. The molecule has 0 spiro atoms. The van der Waals surface area contributed by atoms with Gasteiger partial charge in [-0.25, -0.2) is 4.39 Å². The number of phenolic OH excluding ortho intramolecular Hbond substituents is 1. The number of aromatic hydroxyl groups is 1. The van der Waals surface area contributed by atoms with E-state index in [9.17, 15) is 14.3 Å². The molecule has 6 heteroatoms. The van der Waals surface area contributed by atoms with Crippen LogP contribution >= 0.6 is 11.6 Å². The predicted octanol–water partition coefficient (Wildman–Crippen LogP) is 2.90. The van der Waals surface area contributed by atoms with Crippen molar-refractivity contribution in [2.45, 2.75) is 6.54 Å². The number of benzene rings is 2. The van der Waals surface area contributed by atoms with Crippen LogP contribution in [0.25, 0.3) is 0 Å². The van der Waals surface area contributed by atoms with Gasteiger partial charge in [0.25, 0.3) is 5.91 Å². The van der Waals surface area contributed by atoms with Gasteiger partial charge in [-0.1, -0.05) is 17.7 Å². The molecule has 0 radical (unpaired) electrons. The highest BCUT2D eigenvalue weighted by molar-refractivity contribution is 6.34. The maximum Gasteiger partial charge on any atom is 0.257 e. The van der Waals surface area contributed by atoms with E-state index in [2.05, 4.69) is 5.32 Å². The molecule has 1 amide bonds. The van der Waals surface area contributed by atoms with E-state index in [0.29, 0.717) is 5.56 Å². The molecule has 104 valence electrons. The second-order valence-corrected chi connectivity index (χ2v) is 4.54. The van der Waals surface area contributed by atoms with Crippen molar-refractivity contribution in [2.24, 2.45) is 5.73 Å². The molecule has 0 aliphatic carbocycles. The molecule has 0 fully saturated rings. The van der Waals surface area contributed by atoms with Crippen molar-refractivity contribution in [3.05, 3.63) is 58.4 Å². The number of phenols is 1. The summed E-state index contributed by atoms with van der Waals surface area (Å²) in [5, 5.41) is 11.9. The monoisotopic (exact) mass is 294 g/mol. The lowest BCUT2D eigenvalue weighted by Crippen LogP contribution is -2.13. The van der Waals surface area contributed by atoms with Crippen molar-refractivity contribution in [3.8, 4) is 5.75 Å². The largest absolute Gasteiger partial charge is 0.508 e. The van der Waals surface area contributed by atoms with Gasteiger partial charge >= 0.3 is 0 Å². The van der Waals surface area contributed by atoms with Crippen molar-refractivity contribution in [3.63, 3.8) is 0 Å². The molecular formula is C14H12ClFN2O2. The molecule has 0 aliphatic rings. The van der Waals surface area contributed by atoms with Gasteiger partial charge in [0.2, 0.25) is 0 Å². The highest BCUT2D eigenvalue weighted by atomic mass is 35.5. The Morgan fingerprint density at radius 2 is 2.05 bits per heavy atom. The van der Waals surface area contributed by atoms with Crippen molar-refractivity contribution < 1.29 is 14.3 Å². The molecule has 2 aromatic carbocycles. The number of amides is 1. The van der Waals surface area contributed by atoms with E-state index < -0.39 is 11.7 Å². The highest BCUT2D eigenvalue weighted by Gasteiger charge is 2.13. The first-order chi connectivity index (χ1) is 9.51. The molecule has 0 saturated heterocycles. The standard InChI is InChI=1S/C14H12ClFN2O2/c15-11-3-2-9(19)6-10(11)14(20)18-13-4-1-8(7-17)5-12(13)16/h1-6,19H,7,17H2,(H,18,20). The average molecular weight is 295 g/mol. The zero-order valence-corrected chi connectivity index (χ0v) is 11.1. The van der Waals surface area contributed by atoms with Gasteiger partial charge in [0.1, 0.15) is 11.6 Å². The minimum atomic E-state index is -0.606.